The Morgan fingerprint density at radius 2 is 1.65 bits per heavy atom. The molecule has 0 saturated carbocycles. The molecule has 0 bridgehead atoms. The number of ether oxygens (including phenoxy) is 3. The summed E-state index contributed by atoms with van der Waals surface area (Å²) in [6, 6.07) is 7.99. The molecular weight excluding hydrogens is 484 g/mol. The van der Waals surface area contributed by atoms with Crippen molar-refractivity contribution >= 4 is 45.3 Å². The first-order valence-corrected chi connectivity index (χ1v) is 12.8. The van der Waals surface area contributed by atoms with Crippen molar-refractivity contribution in [1.29, 1.82) is 0 Å². The van der Waals surface area contributed by atoms with Gasteiger partial charge in [-0.05, 0) is 42.7 Å². The number of rotatable bonds is 7. The first-order chi connectivity index (χ1) is 16.2. The molecule has 1 fully saturated rings. The minimum atomic E-state index is -4.25. The number of anilines is 1. The Hall–Kier alpha value is -3.09. The Kier molecular flexibility index (Phi) is 8.18. The maximum atomic E-state index is 13.2. The fourth-order valence-electron chi connectivity index (χ4n) is 3.32. The number of nitrogens with one attached hydrogen (secondary N) is 1. The molecule has 1 aliphatic heterocycles. The van der Waals surface area contributed by atoms with Crippen LogP contribution in [0.1, 0.15) is 31.1 Å². The third kappa shape index (κ3) is 5.51. The summed E-state index contributed by atoms with van der Waals surface area (Å²) in [5.41, 5.74) is 0.0244. The summed E-state index contributed by atoms with van der Waals surface area (Å²) in [6.45, 7) is 1.63. The van der Waals surface area contributed by atoms with Crippen molar-refractivity contribution in [2.75, 3.05) is 51.5 Å². The van der Waals surface area contributed by atoms with E-state index >= 15 is 0 Å². The van der Waals surface area contributed by atoms with Gasteiger partial charge in [-0.1, -0.05) is 0 Å². The molecule has 1 aliphatic rings. The number of benzene rings is 2. The Bertz CT molecular complexity index is 1210. The lowest BCUT2D eigenvalue weighted by molar-refractivity contribution is 0.0300. The van der Waals surface area contributed by atoms with Crippen LogP contribution in [-0.2, 0) is 24.2 Å². The molecule has 182 valence electrons. The van der Waals surface area contributed by atoms with Crippen molar-refractivity contribution in [1.82, 2.24) is 4.90 Å². The zero-order valence-corrected chi connectivity index (χ0v) is 20.5. The van der Waals surface area contributed by atoms with Crippen molar-refractivity contribution in [3.63, 3.8) is 0 Å². The highest BCUT2D eigenvalue weighted by molar-refractivity contribution is 7.98. The largest absolute Gasteiger partial charge is 0.465 e. The second kappa shape index (κ2) is 10.9. The van der Waals surface area contributed by atoms with Crippen LogP contribution >= 0.6 is 11.8 Å². The van der Waals surface area contributed by atoms with Gasteiger partial charge >= 0.3 is 11.9 Å². The molecule has 1 heterocycles. The Balaban J connectivity index is 2.01. The third-order valence-electron chi connectivity index (χ3n) is 5.10. The van der Waals surface area contributed by atoms with E-state index in [1.165, 1.54) is 49.2 Å². The van der Waals surface area contributed by atoms with Gasteiger partial charge in [-0.2, -0.15) is 0 Å². The van der Waals surface area contributed by atoms with Crippen molar-refractivity contribution in [2.24, 2.45) is 0 Å². The fourth-order valence-corrected chi connectivity index (χ4v) is 4.99. The first kappa shape index (κ1) is 25.5. The van der Waals surface area contributed by atoms with E-state index in [0.29, 0.717) is 31.2 Å². The predicted octanol–water partition coefficient (Wildman–Crippen LogP) is 2.25. The topological polar surface area (TPSA) is 128 Å². The summed E-state index contributed by atoms with van der Waals surface area (Å²) < 4.78 is 43.5. The average Bonchev–Trinajstić information content (AvgIpc) is 2.87. The van der Waals surface area contributed by atoms with E-state index in [2.05, 4.69) is 9.46 Å². The standard InChI is InChI=1S/C22H24N2O8S2/c1-30-21(26)14-4-6-16(22(27)31-2)18(12-14)23-34(28,29)15-5-7-19(33-3)17(13-15)20(25)24-8-10-32-11-9-24/h4-7,12-13,23H,8-11H2,1-3H3. The highest BCUT2D eigenvalue weighted by Gasteiger charge is 2.26. The van der Waals surface area contributed by atoms with Crippen LogP contribution in [0.2, 0.25) is 0 Å². The summed E-state index contributed by atoms with van der Waals surface area (Å²) in [7, 11) is -1.92. The van der Waals surface area contributed by atoms with Crippen LogP contribution in [0.4, 0.5) is 5.69 Å². The Morgan fingerprint density at radius 1 is 0.971 bits per heavy atom. The van der Waals surface area contributed by atoms with Gasteiger partial charge in [0, 0.05) is 18.0 Å². The summed E-state index contributed by atoms with van der Waals surface area (Å²) >= 11 is 1.32. The molecule has 0 aliphatic carbocycles. The zero-order chi connectivity index (χ0) is 24.9. The van der Waals surface area contributed by atoms with Crippen LogP contribution in [-0.4, -0.2) is 77.9 Å². The van der Waals surface area contributed by atoms with E-state index in [9.17, 15) is 22.8 Å². The molecule has 10 nitrogen and oxygen atoms in total. The number of amides is 1. The third-order valence-corrected chi connectivity index (χ3v) is 7.26. The van der Waals surface area contributed by atoms with Crippen molar-refractivity contribution in [3.05, 3.63) is 53.1 Å². The summed E-state index contributed by atoms with van der Waals surface area (Å²) in [5, 5.41) is 0. The first-order valence-electron chi connectivity index (χ1n) is 10.1. The molecule has 0 unspecified atom stereocenters. The number of methoxy groups -OCH3 is 2. The van der Waals surface area contributed by atoms with Gasteiger partial charge in [0.2, 0.25) is 0 Å². The minimum absolute atomic E-state index is 0.0359. The number of carbonyl (C=O) groups is 3. The van der Waals surface area contributed by atoms with Gasteiger partial charge < -0.3 is 19.1 Å². The molecule has 1 saturated heterocycles. The summed E-state index contributed by atoms with van der Waals surface area (Å²) in [4.78, 5) is 39.2. The van der Waals surface area contributed by atoms with E-state index in [-0.39, 0.29) is 33.2 Å². The van der Waals surface area contributed by atoms with Crippen LogP contribution in [0.3, 0.4) is 0 Å². The molecule has 0 atom stereocenters. The lowest BCUT2D eigenvalue weighted by atomic mass is 10.1. The molecule has 0 aromatic heterocycles. The molecule has 3 rings (SSSR count). The maximum absolute atomic E-state index is 13.2. The normalized spacial score (nSPS) is 13.8. The van der Waals surface area contributed by atoms with E-state index < -0.39 is 22.0 Å². The number of sulfonamides is 1. The number of thioether (sulfide) groups is 1. The number of hydrogen-bond donors (Lipinski definition) is 1. The number of morpholine rings is 1. The number of carbonyl (C=O) groups excluding carboxylic acids is 3. The molecule has 34 heavy (non-hydrogen) atoms. The molecule has 2 aromatic rings. The Labute approximate surface area is 201 Å². The van der Waals surface area contributed by atoms with Gasteiger partial charge in [-0.25, -0.2) is 18.0 Å². The molecular formula is C22H24N2O8S2. The second-order valence-corrected chi connectivity index (χ2v) is 9.65. The van der Waals surface area contributed by atoms with Crippen LogP contribution in [0.25, 0.3) is 0 Å². The van der Waals surface area contributed by atoms with Crippen LogP contribution in [0, 0.1) is 0 Å². The Morgan fingerprint density at radius 3 is 2.26 bits per heavy atom. The lowest BCUT2D eigenvalue weighted by Gasteiger charge is -2.27. The van der Waals surface area contributed by atoms with Crippen molar-refractivity contribution in [3.8, 4) is 0 Å². The number of esters is 2. The summed E-state index contributed by atoms with van der Waals surface area (Å²) in [5.74, 6) is -1.80. The van der Waals surface area contributed by atoms with Crippen molar-refractivity contribution in [2.45, 2.75) is 9.79 Å². The van der Waals surface area contributed by atoms with Gasteiger partial charge in [0.05, 0.1) is 54.7 Å². The van der Waals surface area contributed by atoms with E-state index in [0.717, 1.165) is 7.11 Å². The van der Waals surface area contributed by atoms with Crippen LogP contribution in [0.15, 0.2) is 46.2 Å². The molecule has 2 aromatic carbocycles. The molecule has 1 amide bonds. The number of hydrogen-bond acceptors (Lipinski definition) is 9. The van der Waals surface area contributed by atoms with Gasteiger partial charge in [0.25, 0.3) is 15.9 Å². The summed E-state index contributed by atoms with van der Waals surface area (Å²) in [6.07, 6.45) is 1.79. The maximum Gasteiger partial charge on any atom is 0.339 e. The van der Waals surface area contributed by atoms with E-state index in [1.807, 2.05) is 0 Å². The molecule has 0 spiro atoms. The number of nitrogens with zero attached hydrogens (tertiary/aromatic N) is 1. The molecule has 0 radical (unpaired) electrons. The highest BCUT2D eigenvalue weighted by atomic mass is 32.2. The van der Waals surface area contributed by atoms with Crippen LogP contribution < -0.4 is 4.72 Å². The zero-order valence-electron chi connectivity index (χ0n) is 18.8. The second-order valence-electron chi connectivity index (χ2n) is 7.12. The van der Waals surface area contributed by atoms with E-state index in [1.54, 1.807) is 17.2 Å². The monoisotopic (exact) mass is 508 g/mol. The van der Waals surface area contributed by atoms with Gasteiger partial charge in [-0.3, -0.25) is 9.52 Å². The van der Waals surface area contributed by atoms with Crippen molar-refractivity contribution < 1.29 is 37.0 Å². The van der Waals surface area contributed by atoms with Crippen LogP contribution in [0.5, 0.6) is 0 Å². The SMILES string of the molecule is COC(=O)c1ccc(C(=O)OC)c(NS(=O)(=O)c2ccc(SC)c(C(=O)N3CCOCC3)c2)c1. The molecule has 12 heteroatoms. The smallest absolute Gasteiger partial charge is 0.339 e. The minimum Gasteiger partial charge on any atom is -0.465 e. The van der Waals surface area contributed by atoms with Gasteiger partial charge in [0.15, 0.2) is 0 Å². The van der Waals surface area contributed by atoms with E-state index in [4.69, 9.17) is 9.47 Å². The molecule has 1 N–H and O–H groups in total. The van der Waals surface area contributed by atoms with Gasteiger partial charge in [-0.15, -0.1) is 11.8 Å². The fraction of sp³-hybridized carbons (Fsp3) is 0.318. The average molecular weight is 509 g/mol. The quantitative estimate of drug-likeness (QED) is 0.442. The lowest BCUT2D eigenvalue weighted by Crippen LogP contribution is -2.41. The highest BCUT2D eigenvalue weighted by Crippen LogP contribution is 2.28. The predicted molar refractivity (Wildman–Crippen MR) is 125 cm³/mol. The van der Waals surface area contributed by atoms with Gasteiger partial charge in [0.1, 0.15) is 0 Å².